The van der Waals surface area contributed by atoms with Gasteiger partial charge in [-0.05, 0) is 56.7 Å². The number of rotatable bonds is 5. The summed E-state index contributed by atoms with van der Waals surface area (Å²) in [6.45, 7) is 3.87. The second kappa shape index (κ2) is 7.75. The van der Waals surface area contributed by atoms with Crippen molar-refractivity contribution in [3.8, 4) is 0 Å². The molecular formula is C22H28N2O2. The number of hydrogen-bond acceptors (Lipinski definition) is 3. The van der Waals surface area contributed by atoms with Gasteiger partial charge in [-0.2, -0.15) is 0 Å². The molecule has 0 saturated carbocycles. The topological polar surface area (TPSA) is 40.6 Å². The van der Waals surface area contributed by atoms with Crippen LogP contribution in [0.2, 0.25) is 0 Å². The SMILES string of the molecule is O=C1[C@H]2CC=CC[C@H]2C(=O)N1CC1CCN(CCc2ccccc2)CC1. The minimum absolute atomic E-state index is 0.0795. The van der Waals surface area contributed by atoms with E-state index in [1.54, 1.807) is 4.90 Å². The number of benzene rings is 1. The Morgan fingerprint density at radius 3 is 2.12 bits per heavy atom. The Bertz CT molecular complexity index is 651. The number of piperidine rings is 1. The van der Waals surface area contributed by atoms with Gasteiger partial charge in [-0.25, -0.2) is 0 Å². The second-order valence-corrected chi connectivity index (χ2v) is 7.96. The van der Waals surface area contributed by atoms with Gasteiger partial charge in [-0.1, -0.05) is 42.5 Å². The van der Waals surface area contributed by atoms with E-state index in [-0.39, 0.29) is 23.7 Å². The smallest absolute Gasteiger partial charge is 0.233 e. The van der Waals surface area contributed by atoms with Gasteiger partial charge in [0.2, 0.25) is 11.8 Å². The molecule has 4 heteroatoms. The first-order chi connectivity index (χ1) is 12.7. The first-order valence-electron chi connectivity index (χ1n) is 9.99. The van der Waals surface area contributed by atoms with Gasteiger partial charge in [0.25, 0.3) is 0 Å². The highest BCUT2D eigenvalue weighted by Crippen LogP contribution is 2.36. The van der Waals surface area contributed by atoms with Gasteiger partial charge < -0.3 is 4.90 Å². The molecule has 4 rings (SSSR count). The van der Waals surface area contributed by atoms with E-state index in [4.69, 9.17) is 0 Å². The molecule has 1 aliphatic carbocycles. The number of likely N-dealkylation sites (tertiary alicyclic amines) is 2. The number of imide groups is 1. The summed E-state index contributed by atoms with van der Waals surface area (Å²) in [5.41, 5.74) is 1.39. The lowest BCUT2D eigenvalue weighted by Crippen LogP contribution is -2.41. The summed E-state index contributed by atoms with van der Waals surface area (Å²) in [4.78, 5) is 29.3. The molecule has 0 bridgehead atoms. The van der Waals surface area contributed by atoms with Crippen LogP contribution < -0.4 is 0 Å². The maximum absolute atomic E-state index is 12.6. The fourth-order valence-corrected chi connectivity index (χ4v) is 4.63. The van der Waals surface area contributed by atoms with Gasteiger partial charge in [0, 0.05) is 13.1 Å². The van der Waals surface area contributed by atoms with Crippen molar-refractivity contribution in [2.24, 2.45) is 17.8 Å². The molecule has 0 aromatic heterocycles. The zero-order valence-electron chi connectivity index (χ0n) is 15.3. The minimum Gasteiger partial charge on any atom is -0.303 e. The fourth-order valence-electron chi connectivity index (χ4n) is 4.63. The number of allylic oxidation sites excluding steroid dienone is 2. The molecule has 2 fully saturated rings. The van der Waals surface area contributed by atoms with Crippen molar-refractivity contribution in [1.82, 2.24) is 9.80 Å². The van der Waals surface area contributed by atoms with Gasteiger partial charge in [0.1, 0.15) is 0 Å². The number of fused-ring (bicyclic) bond motifs is 1. The normalized spacial score (nSPS) is 27.2. The quantitative estimate of drug-likeness (QED) is 0.604. The zero-order chi connectivity index (χ0) is 17.9. The first kappa shape index (κ1) is 17.5. The van der Waals surface area contributed by atoms with E-state index >= 15 is 0 Å². The maximum atomic E-state index is 12.6. The Hall–Kier alpha value is -1.94. The van der Waals surface area contributed by atoms with Crippen LogP contribution >= 0.6 is 0 Å². The van der Waals surface area contributed by atoms with Crippen LogP contribution in [0.25, 0.3) is 0 Å². The predicted octanol–water partition coefficient (Wildman–Crippen LogP) is 2.89. The third kappa shape index (κ3) is 3.61. The fraction of sp³-hybridized carbons (Fsp3) is 0.545. The average molecular weight is 352 g/mol. The summed E-state index contributed by atoms with van der Waals surface area (Å²) in [5.74, 6) is 0.452. The monoisotopic (exact) mass is 352 g/mol. The highest BCUT2D eigenvalue weighted by Gasteiger charge is 2.47. The molecule has 0 N–H and O–H groups in total. The van der Waals surface area contributed by atoms with Gasteiger partial charge in [0.15, 0.2) is 0 Å². The summed E-state index contributed by atoms with van der Waals surface area (Å²) >= 11 is 0. The highest BCUT2D eigenvalue weighted by molar-refractivity contribution is 6.05. The van der Waals surface area contributed by atoms with Crippen LogP contribution in [0.3, 0.4) is 0 Å². The van der Waals surface area contributed by atoms with E-state index in [2.05, 4.69) is 47.4 Å². The molecule has 138 valence electrons. The molecule has 0 spiro atoms. The van der Waals surface area contributed by atoms with Gasteiger partial charge in [-0.15, -0.1) is 0 Å². The molecule has 1 aromatic rings. The van der Waals surface area contributed by atoms with Crippen LogP contribution in [0.15, 0.2) is 42.5 Å². The lowest BCUT2D eigenvalue weighted by Gasteiger charge is -2.33. The number of carbonyl (C=O) groups is 2. The van der Waals surface area contributed by atoms with E-state index in [0.717, 1.165) is 51.7 Å². The van der Waals surface area contributed by atoms with E-state index in [1.807, 2.05) is 0 Å². The Morgan fingerprint density at radius 2 is 1.50 bits per heavy atom. The van der Waals surface area contributed by atoms with Crippen molar-refractivity contribution in [2.45, 2.75) is 32.1 Å². The summed E-state index contributed by atoms with van der Waals surface area (Å²) < 4.78 is 0. The highest BCUT2D eigenvalue weighted by atomic mass is 16.2. The standard InChI is InChI=1S/C22H28N2O2/c25-21-19-8-4-5-9-20(19)22(26)24(21)16-18-11-14-23(15-12-18)13-10-17-6-2-1-3-7-17/h1-7,18-20H,8-16H2/t19-,20+. The van der Waals surface area contributed by atoms with Crippen molar-refractivity contribution in [1.29, 1.82) is 0 Å². The van der Waals surface area contributed by atoms with Crippen LogP contribution in [-0.4, -0.2) is 47.8 Å². The zero-order valence-corrected chi connectivity index (χ0v) is 15.3. The predicted molar refractivity (Wildman–Crippen MR) is 101 cm³/mol. The van der Waals surface area contributed by atoms with E-state index in [9.17, 15) is 9.59 Å². The molecule has 2 heterocycles. The molecule has 2 amide bonds. The second-order valence-electron chi connectivity index (χ2n) is 7.96. The lowest BCUT2D eigenvalue weighted by molar-refractivity contribution is -0.140. The molecule has 0 unspecified atom stereocenters. The van der Waals surface area contributed by atoms with Crippen molar-refractivity contribution < 1.29 is 9.59 Å². The molecule has 26 heavy (non-hydrogen) atoms. The third-order valence-electron chi connectivity index (χ3n) is 6.31. The van der Waals surface area contributed by atoms with E-state index in [1.165, 1.54) is 5.56 Å². The van der Waals surface area contributed by atoms with Crippen LogP contribution in [-0.2, 0) is 16.0 Å². The number of carbonyl (C=O) groups excluding carboxylic acids is 2. The van der Waals surface area contributed by atoms with Crippen LogP contribution in [0.1, 0.15) is 31.2 Å². The molecule has 1 aromatic carbocycles. The molecule has 2 atom stereocenters. The van der Waals surface area contributed by atoms with Gasteiger partial charge in [-0.3, -0.25) is 14.5 Å². The molecule has 4 nitrogen and oxygen atoms in total. The van der Waals surface area contributed by atoms with Gasteiger partial charge in [0.05, 0.1) is 11.8 Å². The first-order valence-corrected chi connectivity index (χ1v) is 9.99. The summed E-state index contributed by atoms with van der Waals surface area (Å²) in [5, 5.41) is 0. The lowest BCUT2D eigenvalue weighted by atomic mass is 9.85. The van der Waals surface area contributed by atoms with Crippen molar-refractivity contribution in [3.05, 3.63) is 48.0 Å². The Balaban J connectivity index is 1.25. The summed E-state index contributed by atoms with van der Waals surface area (Å²) in [6.07, 6.45) is 8.85. The molecular weight excluding hydrogens is 324 g/mol. The maximum Gasteiger partial charge on any atom is 0.233 e. The molecule has 2 aliphatic heterocycles. The van der Waals surface area contributed by atoms with Crippen molar-refractivity contribution in [3.63, 3.8) is 0 Å². The minimum atomic E-state index is -0.0848. The molecule has 3 aliphatic rings. The average Bonchev–Trinajstić information content (AvgIpc) is 2.93. The Kier molecular flexibility index (Phi) is 5.21. The number of hydrogen-bond donors (Lipinski definition) is 0. The van der Waals surface area contributed by atoms with Crippen molar-refractivity contribution in [2.75, 3.05) is 26.2 Å². The van der Waals surface area contributed by atoms with Crippen LogP contribution in [0.4, 0.5) is 0 Å². The van der Waals surface area contributed by atoms with Gasteiger partial charge >= 0.3 is 0 Å². The van der Waals surface area contributed by atoms with Crippen LogP contribution in [0, 0.1) is 17.8 Å². The van der Waals surface area contributed by atoms with Crippen molar-refractivity contribution >= 4 is 11.8 Å². The number of nitrogens with zero attached hydrogens (tertiary/aromatic N) is 2. The Morgan fingerprint density at radius 1 is 0.885 bits per heavy atom. The third-order valence-corrected chi connectivity index (χ3v) is 6.31. The Labute approximate surface area is 155 Å². The largest absolute Gasteiger partial charge is 0.303 e. The van der Waals surface area contributed by atoms with E-state index < -0.39 is 0 Å². The summed E-state index contributed by atoms with van der Waals surface area (Å²) in [7, 11) is 0. The number of amides is 2. The molecule has 2 saturated heterocycles. The molecule has 0 radical (unpaired) electrons. The summed E-state index contributed by atoms with van der Waals surface area (Å²) in [6, 6.07) is 10.6. The van der Waals surface area contributed by atoms with E-state index in [0.29, 0.717) is 12.5 Å². The van der Waals surface area contributed by atoms with Crippen LogP contribution in [0.5, 0.6) is 0 Å².